The molecule has 5 heteroatoms. The predicted octanol–water partition coefficient (Wildman–Crippen LogP) is 4.39. The Morgan fingerprint density at radius 1 is 1.00 bits per heavy atom. The van der Waals surface area contributed by atoms with Crippen LogP contribution >= 0.6 is 0 Å². The van der Waals surface area contributed by atoms with Crippen LogP contribution in [0.25, 0.3) is 0 Å². The summed E-state index contributed by atoms with van der Waals surface area (Å²) in [6, 6.07) is 9.42. The molecule has 3 atom stereocenters. The molecule has 0 aliphatic carbocycles. The van der Waals surface area contributed by atoms with Crippen molar-refractivity contribution in [2.45, 2.75) is 72.7 Å². The summed E-state index contributed by atoms with van der Waals surface area (Å²) in [5.41, 5.74) is -0.570. The van der Waals surface area contributed by atoms with Crippen molar-refractivity contribution in [2.24, 2.45) is 11.8 Å². The van der Waals surface area contributed by atoms with Gasteiger partial charge in [-0.1, -0.05) is 39.0 Å². The molecule has 0 radical (unpaired) electrons. The van der Waals surface area contributed by atoms with Gasteiger partial charge in [-0.2, -0.15) is 0 Å². The third-order valence-electron chi connectivity index (χ3n) is 3.73. The van der Waals surface area contributed by atoms with E-state index in [1.54, 1.807) is 27.7 Å². The fourth-order valence-corrected chi connectivity index (χ4v) is 2.52. The number of ether oxygens (including phenoxy) is 3. The topological polar surface area (TPSA) is 61.8 Å². The summed E-state index contributed by atoms with van der Waals surface area (Å²) >= 11 is 0. The van der Waals surface area contributed by atoms with Crippen molar-refractivity contribution in [2.75, 3.05) is 0 Å². The van der Waals surface area contributed by atoms with Gasteiger partial charge in [0.1, 0.15) is 23.6 Å². The SMILES string of the molecule is CC(C)[C@@H](OC(=O)[C@H](C)CC(=O)OC(C)(C)C)[C@@H](C)Oc1ccccc1. The van der Waals surface area contributed by atoms with E-state index in [1.807, 2.05) is 51.1 Å². The molecule has 0 saturated heterocycles. The van der Waals surface area contributed by atoms with Crippen molar-refractivity contribution in [3.8, 4) is 5.75 Å². The average Bonchev–Trinajstić information content (AvgIpc) is 2.50. The molecule has 0 fully saturated rings. The molecule has 0 N–H and O–H groups in total. The third kappa shape index (κ3) is 7.89. The Kier molecular flexibility index (Phi) is 8.12. The quantitative estimate of drug-likeness (QED) is 0.640. The van der Waals surface area contributed by atoms with Gasteiger partial charge < -0.3 is 14.2 Å². The van der Waals surface area contributed by atoms with Gasteiger partial charge >= 0.3 is 11.9 Å². The smallest absolute Gasteiger partial charge is 0.309 e. The zero-order chi connectivity index (χ0) is 19.9. The maximum Gasteiger partial charge on any atom is 0.309 e. The van der Waals surface area contributed by atoms with E-state index >= 15 is 0 Å². The first kappa shape index (κ1) is 22.0. The fraction of sp³-hybridized carbons (Fsp3) is 0.619. The molecule has 1 aromatic carbocycles. The first-order valence-electron chi connectivity index (χ1n) is 9.13. The first-order chi connectivity index (χ1) is 12.0. The first-order valence-corrected chi connectivity index (χ1v) is 9.13. The van der Waals surface area contributed by atoms with Crippen LogP contribution in [0.4, 0.5) is 0 Å². The van der Waals surface area contributed by atoms with Gasteiger partial charge in [0, 0.05) is 0 Å². The summed E-state index contributed by atoms with van der Waals surface area (Å²) in [6.07, 6.45) is -0.728. The monoisotopic (exact) mass is 364 g/mol. The van der Waals surface area contributed by atoms with Gasteiger partial charge in [0.05, 0.1) is 12.3 Å². The molecule has 0 amide bonds. The summed E-state index contributed by atoms with van der Waals surface area (Å²) < 4.78 is 16.8. The minimum absolute atomic E-state index is 0.00512. The molecule has 5 nitrogen and oxygen atoms in total. The molecule has 1 aromatic rings. The molecule has 0 spiro atoms. The van der Waals surface area contributed by atoms with E-state index in [2.05, 4.69) is 0 Å². The number of carbonyl (C=O) groups is 2. The maximum absolute atomic E-state index is 12.4. The van der Waals surface area contributed by atoms with Gasteiger partial charge in [0.2, 0.25) is 0 Å². The number of hydrogen-bond donors (Lipinski definition) is 0. The van der Waals surface area contributed by atoms with Crippen LogP contribution in [0.15, 0.2) is 30.3 Å². The summed E-state index contributed by atoms with van der Waals surface area (Å²) in [5.74, 6) is -0.598. The summed E-state index contributed by atoms with van der Waals surface area (Å²) in [5, 5.41) is 0. The zero-order valence-corrected chi connectivity index (χ0v) is 16.9. The minimum Gasteiger partial charge on any atom is -0.487 e. The van der Waals surface area contributed by atoms with Crippen LogP contribution in [0.3, 0.4) is 0 Å². The molecule has 146 valence electrons. The second-order valence-corrected chi connectivity index (χ2v) is 7.97. The lowest BCUT2D eigenvalue weighted by atomic mass is 10.0. The summed E-state index contributed by atoms with van der Waals surface area (Å²) in [7, 11) is 0. The lowest BCUT2D eigenvalue weighted by Crippen LogP contribution is -2.39. The van der Waals surface area contributed by atoms with Gasteiger partial charge in [-0.05, 0) is 45.7 Å². The van der Waals surface area contributed by atoms with Gasteiger partial charge in [0.15, 0.2) is 0 Å². The Morgan fingerprint density at radius 2 is 1.58 bits per heavy atom. The largest absolute Gasteiger partial charge is 0.487 e. The Balaban J connectivity index is 2.65. The van der Waals surface area contributed by atoms with Gasteiger partial charge in [0.25, 0.3) is 0 Å². The Bertz CT molecular complexity index is 574. The van der Waals surface area contributed by atoms with Gasteiger partial charge in [-0.3, -0.25) is 9.59 Å². The van der Waals surface area contributed by atoms with Crippen LogP contribution in [0.2, 0.25) is 0 Å². The predicted molar refractivity (Wildman–Crippen MR) is 101 cm³/mol. The summed E-state index contributed by atoms with van der Waals surface area (Å²) in [4.78, 5) is 24.3. The third-order valence-corrected chi connectivity index (χ3v) is 3.73. The molecule has 1 rings (SSSR count). The number of hydrogen-bond acceptors (Lipinski definition) is 5. The molecular formula is C21H32O5. The lowest BCUT2D eigenvalue weighted by Gasteiger charge is -2.29. The molecule has 0 heterocycles. The number of rotatable bonds is 8. The van der Waals surface area contributed by atoms with Crippen LogP contribution in [-0.4, -0.2) is 29.7 Å². The number of para-hydroxylation sites is 1. The molecule has 0 bridgehead atoms. The lowest BCUT2D eigenvalue weighted by molar-refractivity contribution is -0.167. The van der Waals surface area contributed by atoms with E-state index < -0.39 is 29.6 Å². The van der Waals surface area contributed by atoms with E-state index in [0.29, 0.717) is 0 Å². The Labute approximate surface area is 157 Å². The van der Waals surface area contributed by atoms with Gasteiger partial charge in [-0.15, -0.1) is 0 Å². The van der Waals surface area contributed by atoms with Crippen molar-refractivity contribution < 1.29 is 23.8 Å². The van der Waals surface area contributed by atoms with Gasteiger partial charge in [-0.25, -0.2) is 0 Å². The minimum atomic E-state index is -0.574. The van der Waals surface area contributed by atoms with E-state index in [-0.39, 0.29) is 18.4 Å². The van der Waals surface area contributed by atoms with Crippen molar-refractivity contribution in [3.05, 3.63) is 30.3 Å². The average molecular weight is 364 g/mol. The molecule has 0 aliphatic rings. The molecule has 0 aromatic heterocycles. The van der Waals surface area contributed by atoms with Crippen LogP contribution < -0.4 is 4.74 Å². The van der Waals surface area contributed by atoms with E-state index in [9.17, 15) is 9.59 Å². The van der Waals surface area contributed by atoms with Crippen LogP contribution in [0, 0.1) is 11.8 Å². The highest BCUT2D eigenvalue weighted by atomic mass is 16.6. The number of carbonyl (C=O) groups excluding carboxylic acids is 2. The number of esters is 2. The second kappa shape index (κ2) is 9.60. The van der Waals surface area contributed by atoms with E-state index in [1.165, 1.54) is 0 Å². The maximum atomic E-state index is 12.4. The molecule has 0 aliphatic heterocycles. The second-order valence-electron chi connectivity index (χ2n) is 7.97. The highest BCUT2D eigenvalue weighted by molar-refractivity contribution is 5.79. The van der Waals surface area contributed by atoms with Crippen LogP contribution in [0.5, 0.6) is 5.75 Å². The fourth-order valence-electron chi connectivity index (χ4n) is 2.52. The highest BCUT2D eigenvalue weighted by Gasteiger charge is 2.30. The molecular weight excluding hydrogens is 332 g/mol. The van der Waals surface area contributed by atoms with Crippen LogP contribution in [0.1, 0.15) is 54.9 Å². The van der Waals surface area contributed by atoms with Crippen molar-refractivity contribution >= 4 is 11.9 Å². The van der Waals surface area contributed by atoms with Crippen molar-refractivity contribution in [1.29, 1.82) is 0 Å². The van der Waals surface area contributed by atoms with E-state index in [0.717, 1.165) is 5.75 Å². The van der Waals surface area contributed by atoms with Crippen molar-refractivity contribution in [3.63, 3.8) is 0 Å². The van der Waals surface area contributed by atoms with Crippen LogP contribution in [-0.2, 0) is 19.1 Å². The number of benzene rings is 1. The normalized spacial score (nSPS) is 15.1. The molecule has 26 heavy (non-hydrogen) atoms. The van der Waals surface area contributed by atoms with E-state index in [4.69, 9.17) is 14.2 Å². The Morgan fingerprint density at radius 3 is 2.08 bits per heavy atom. The standard InChI is InChI=1S/C21H32O5/c1-14(2)19(16(4)24-17-11-9-8-10-12-17)25-20(23)15(3)13-18(22)26-21(5,6)7/h8-12,14-16,19H,13H2,1-7H3/t15-,16-,19-/m1/s1. The zero-order valence-electron chi connectivity index (χ0n) is 16.9. The Hall–Kier alpha value is -2.04. The molecule has 0 unspecified atom stereocenters. The highest BCUT2D eigenvalue weighted by Crippen LogP contribution is 2.21. The molecule has 0 saturated carbocycles. The van der Waals surface area contributed by atoms with Crippen molar-refractivity contribution in [1.82, 2.24) is 0 Å². The summed E-state index contributed by atoms with van der Waals surface area (Å²) in [6.45, 7) is 12.9.